The summed E-state index contributed by atoms with van der Waals surface area (Å²) in [5.41, 5.74) is 1.44. The van der Waals surface area contributed by atoms with Crippen LogP contribution in [0.3, 0.4) is 0 Å². The fourth-order valence-electron chi connectivity index (χ4n) is 1.36. The van der Waals surface area contributed by atoms with Crippen LogP contribution in [0.25, 0.3) is 6.08 Å². The molecule has 0 atom stereocenters. The Balaban J connectivity index is 2.56. The normalized spacial score (nSPS) is 13.2. The molecular formula is C14H23NO. The van der Waals surface area contributed by atoms with E-state index in [4.69, 9.17) is 4.42 Å². The summed E-state index contributed by atoms with van der Waals surface area (Å²) in [4.78, 5) is 0. The van der Waals surface area contributed by atoms with E-state index >= 15 is 0 Å². The standard InChI is InChI=1S/C14H23NO/c1-6-12-7-8-13(16-12)9-11(2)10-15-14(3,4)5/h7-9,15H,6,10H2,1-5H3. The van der Waals surface area contributed by atoms with Crippen molar-refractivity contribution in [3.8, 4) is 0 Å². The average molecular weight is 221 g/mol. The summed E-state index contributed by atoms with van der Waals surface area (Å²) >= 11 is 0. The van der Waals surface area contributed by atoms with E-state index in [9.17, 15) is 0 Å². The van der Waals surface area contributed by atoms with E-state index in [-0.39, 0.29) is 5.54 Å². The smallest absolute Gasteiger partial charge is 0.127 e. The van der Waals surface area contributed by atoms with Crippen LogP contribution in [0.5, 0.6) is 0 Å². The third-order valence-electron chi connectivity index (χ3n) is 2.32. The van der Waals surface area contributed by atoms with E-state index in [2.05, 4.69) is 46.0 Å². The third-order valence-corrected chi connectivity index (χ3v) is 2.32. The lowest BCUT2D eigenvalue weighted by Gasteiger charge is -2.20. The Hall–Kier alpha value is -1.02. The van der Waals surface area contributed by atoms with E-state index in [0.717, 1.165) is 24.5 Å². The Labute approximate surface area is 98.7 Å². The fraction of sp³-hybridized carbons (Fsp3) is 0.571. The molecule has 0 amide bonds. The maximum Gasteiger partial charge on any atom is 0.127 e. The van der Waals surface area contributed by atoms with E-state index in [1.165, 1.54) is 5.57 Å². The Morgan fingerprint density at radius 3 is 2.56 bits per heavy atom. The summed E-state index contributed by atoms with van der Waals surface area (Å²) < 4.78 is 5.63. The molecular weight excluding hydrogens is 198 g/mol. The van der Waals surface area contributed by atoms with Gasteiger partial charge in [0.15, 0.2) is 0 Å². The van der Waals surface area contributed by atoms with Gasteiger partial charge in [-0.3, -0.25) is 0 Å². The molecule has 1 aromatic heterocycles. The number of hydrogen-bond donors (Lipinski definition) is 1. The molecule has 1 heterocycles. The molecule has 0 aromatic carbocycles. The first-order valence-corrected chi connectivity index (χ1v) is 5.91. The summed E-state index contributed by atoms with van der Waals surface area (Å²) in [5.74, 6) is 1.99. The molecule has 0 aliphatic carbocycles. The fourth-order valence-corrected chi connectivity index (χ4v) is 1.36. The monoisotopic (exact) mass is 221 g/mol. The van der Waals surface area contributed by atoms with Gasteiger partial charge in [0, 0.05) is 18.5 Å². The highest BCUT2D eigenvalue weighted by molar-refractivity contribution is 5.47. The van der Waals surface area contributed by atoms with Crippen LogP contribution < -0.4 is 5.32 Å². The van der Waals surface area contributed by atoms with Crippen LogP contribution in [-0.4, -0.2) is 12.1 Å². The molecule has 0 bridgehead atoms. The van der Waals surface area contributed by atoms with Crippen LogP contribution in [0.1, 0.15) is 46.1 Å². The molecule has 0 spiro atoms. The van der Waals surface area contributed by atoms with Gasteiger partial charge in [-0.1, -0.05) is 12.5 Å². The number of nitrogens with one attached hydrogen (secondary N) is 1. The number of hydrogen-bond acceptors (Lipinski definition) is 2. The highest BCUT2D eigenvalue weighted by Crippen LogP contribution is 2.12. The van der Waals surface area contributed by atoms with E-state index in [0.29, 0.717) is 0 Å². The van der Waals surface area contributed by atoms with Crippen molar-refractivity contribution in [2.75, 3.05) is 6.54 Å². The minimum atomic E-state index is 0.160. The van der Waals surface area contributed by atoms with Gasteiger partial charge in [-0.05, 0) is 45.9 Å². The van der Waals surface area contributed by atoms with Crippen molar-refractivity contribution < 1.29 is 4.42 Å². The first-order chi connectivity index (χ1) is 7.40. The molecule has 0 saturated heterocycles. The average Bonchev–Trinajstić information content (AvgIpc) is 2.61. The first-order valence-electron chi connectivity index (χ1n) is 5.91. The van der Waals surface area contributed by atoms with Crippen molar-refractivity contribution in [3.63, 3.8) is 0 Å². The lowest BCUT2D eigenvalue weighted by molar-refractivity contribution is 0.444. The van der Waals surface area contributed by atoms with Gasteiger partial charge in [0.2, 0.25) is 0 Å². The van der Waals surface area contributed by atoms with Crippen molar-refractivity contribution >= 4 is 6.08 Å². The molecule has 0 radical (unpaired) electrons. The molecule has 90 valence electrons. The van der Waals surface area contributed by atoms with Crippen molar-refractivity contribution in [3.05, 3.63) is 29.2 Å². The zero-order valence-corrected chi connectivity index (χ0v) is 11.1. The molecule has 0 aliphatic rings. The molecule has 2 heteroatoms. The highest BCUT2D eigenvalue weighted by atomic mass is 16.3. The first kappa shape index (κ1) is 13.0. The molecule has 2 nitrogen and oxygen atoms in total. The second-order valence-electron chi connectivity index (χ2n) is 5.25. The van der Waals surface area contributed by atoms with Crippen LogP contribution in [-0.2, 0) is 6.42 Å². The Kier molecular flexibility index (Phi) is 4.36. The second-order valence-corrected chi connectivity index (χ2v) is 5.25. The maximum absolute atomic E-state index is 5.63. The molecule has 0 aliphatic heterocycles. The predicted octanol–water partition coefficient (Wildman–Crippen LogP) is 3.63. The lowest BCUT2D eigenvalue weighted by atomic mass is 10.1. The van der Waals surface area contributed by atoms with Gasteiger partial charge >= 0.3 is 0 Å². The van der Waals surface area contributed by atoms with Crippen LogP contribution >= 0.6 is 0 Å². The molecule has 0 unspecified atom stereocenters. The van der Waals surface area contributed by atoms with Gasteiger partial charge in [-0.2, -0.15) is 0 Å². The third kappa shape index (κ3) is 4.67. The lowest BCUT2D eigenvalue weighted by Crippen LogP contribution is -2.36. The van der Waals surface area contributed by atoms with E-state index in [1.807, 2.05) is 12.1 Å². The zero-order valence-electron chi connectivity index (χ0n) is 11.1. The zero-order chi connectivity index (χ0) is 12.2. The predicted molar refractivity (Wildman–Crippen MR) is 69.5 cm³/mol. The minimum Gasteiger partial charge on any atom is -0.462 e. The molecule has 1 rings (SSSR count). The van der Waals surface area contributed by atoms with Crippen LogP contribution in [0.15, 0.2) is 22.1 Å². The number of aryl methyl sites for hydroxylation is 1. The quantitative estimate of drug-likeness (QED) is 0.839. The van der Waals surface area contributed by atoms with E-state index in [1.54, 1.807) is 0 Å². The van der Waals surface area contributed by atoms with Crippen LogP contribution in [0.4, 0.5) is 0 Å². The SMILES string of the molecule is CCc1ccc(C=C(C)CNC(C)(C)C)o1. The van der Waals surface area contributed by atoms with Gasteiger partial charge < -0.3 is 9.73 Å². The molecule has 0 fully saturated rings. The second kappa shape index (κ2) is 5.35. The Morgan fingerprint density at radius 2 is 2.06 bits per heavy atom. The van der Waals surface area contributed by atoms with E-state index < -0.39 is 0 Å². The molecule has 16 heavy (non-hydrogen) atoms. The van der Waals surface area contributed by atoms with Gasteiger partial charge in [0.05, 0.1) is 0 Å². The van der Waals surface area contributed by atoms with Crippen LogP contribution in [0.2, 0.25) is 0 Å². The highest BCUT2D eigenvalue weighted by Gasteiger charge is 2.08. The topological polar surface area (TPSA) is 25.2 Å². The minimum absolute atomic E-state index is 0.160. The van der Waals surface area contributed by atoms with Gasteiger partial charge in [-0.25, -0.2) is 0 Å². The van der Waals surface area contributed by atoms with Crippen molar-refractivity contribution in [2.24, 2.45) is 0 Å². The summed E-state index contributed by atoms with van der Waals surface area (Å²) in [6, 6.07) is 4.07. The van der Waals surface area contributed by atoms with Crippen molar-refractivity contribution in [1.82, 2.24) is 5.32 Å². The van der Waals surface area contributed by atoms with Gasteiger partial charge in [0.1, 0.15) is 11.5 Å². The number of rotatable bonds is 4. The summed E-state index contributed by atoms with van der Waals surface area (Å²) in [5, 5.41) is 3.45. The molecule has 1 aromatic rings. The Morgan fingerprint density at radius 1 is 1.38 bits per heavy atom. The summed E-state index contributed by atoms with van der Waals surface area (Å²) in [6.45, 7) is 11.6. The van der Waals surface area contributed by atoms with Gasteiger partial charge in [-0.15, -0.1) is 0 Å². The molecule has 0 saturated carbocycles. The maximum atomic E-state index is 5.63. The largest absolute Gasteiger partial charge is 0.462 e. The Bertz CT molecular complexity index is 355. The number of furan rings is 1. The summed E-state index contributed by atoms with van der Waals surface area (Å²) in [6.07, 6.45) is 3.05. The van der Waals surface area contributed by atoms with Crippen molar-refractivity contribution in [1.29, 1.82) is 0 Å². The summed E-state index contributed by atoms with van der Waals surface area (Å²) in [7, 11) is 0. The van der Waals surface area contributed by atoms with Gasteiger partial charge in [0.25, 0.3) is 0 Å². The molecule has 1 N–H and O–H groups in total. The van der Waals surface area contributed by atoms with Crippen LogP contribution in [0, 0.1) is 0 Å². The van der Waals surface area contributed by atoms with Crippen molar-refractivity contribution in [2.45, 2.75) is 46.6 Å².